The van der Waals surface area contributed by atoms with Gasteiger partial charge < -0.3 is 4.74 Å². The largest absolute Gasteiger partial charge is 0.384 e. The molecule has 0 saturated heterocycles. The molecule has 0 saturated carbocycles. The molecule has 0 aliphatic heterocycles. The number of thiol groups is 1. The van der Waals surface area contributed by atoms with Crippen LogP contribution in [0.15, 0.2) is 0 Å². The number of ether oxygens (including phenoxy) is 1. The van der Waals surface area contributed by atoms with Crippen LogP contribution in [0.5, 0.6) is 0 Å². The molecule has 0 aromatic rings. The highest BCUT2D eigenvalue weighted by Gasteiger charge is 2.32. The Hall–Kier alpha value is 0.660. The van der Waals surface area contributed by atoms with E-state index in [1.165, 1.54) is 12.8 Å². The number of rotatable bonds is 8. The van der Waals surface area contributed by atoms with Crippen molar-refractivity contribution < 1.29 is 4.74 Å². The van der Waals surface area contributed by atoms with Crippen molar-refractivity contribution in [3.8, 4) is 0 Å². The molecule has 1 nitrogen and oxygen atoms in total. The van der Waals surface area contributed by atoms with Crippen molar-refractivity contribution in [1.29, 1.82) is 0 Å². The zero-order valence-corrected chi connectivity index (χ0v) is 14.3. The van der Waals surface area contributed by atoms with E-state index in [-0.39, 0.29) is 10.2 Å². The molecule has 0 bridgehead atoms. The summed E-state index contributed by atoms with van der Waals surface area (Å²) in [7, 11) is 3.47. The van der Waals surface area contributed by atoms with Gasteiger partial charge >= 0.3 is 0 Å². The van der Waals surface area contributed by atoms with E-state index in [9.17, 15) is 0 Å². The maximum Gasteiger partial charge on any atom is 0.0518 e. The normalized spacial score (nSPS) is 18.2. The third-order valence-corrected chi connectivity index (χ3v) is 5.91. The van der Waals surface area contributed by atoms with E-state index in [1.807, 2.05) is 0 Å². The first-order valence-corrected chi connectivity index (χ1v) is 8.35. The molecule has 2 atom stereocenters. The summed E-state index contributed by atoms with van der Waals surface area (Å²) < 4.78 is 5.66. The summed E-state index contributed by atoms with van der Waals surface area (Å²) in [5, 5.41) is 0. The third-order valence-electron chi connectivity index (χ3n) is 3.77. The van der Waals surface area contributed by atoms with Crippen LogP contribution >= 0.6 is 22.5 Å². The second kappa shape index (κ2) is 7.30. The van der Waals surface area contributed by atoms with Crippen molar-refractivity contribution in [2.24, 2.45) is 17.3 Å². The molecule has 0 amide bonds. The van der Waals surface area contributed by atoms with Gasteiger partial charge in [-0.2, -0.15) is 0 Å². The summed E-state index contributed by atoms with van der Waals surface area (Å²) in [6.07, 6.45) is 2.42. The van der Waals surface area contributed by atoms with Gasteiger partial charge in [-0.3, -0.25) is 0 Å². The van der Waals surface area contributed by atoms with Gasteiger partial charge in [0.1, 0.15) is 0 Å². The van der Waals surface area contributed by atoms with Crippen molar-refractivity contribution in [3.05, 3.63) is 0 Å². The van der Waals surface area contributed by atoms with E-state index < -0.39 is 0 Å². The van der Waals surface area contributed by atoms with Crippen molar-refractivity contribution >= 4 is 22.5 Å². The lowest BCUT2D eigenvalue weighted by atomic mass is 9.72. The van der Waals surface area contributed by atoms with Gasteiger partial charge in [-0.05, 0) is 43.9 Å². The predicted molar refractivity (Wildman–Crippen MR) is 83.9 cm³/mol. The molecule has 104 valence electrons. The van der Waals surface area contributed by atoms with Crippen LogP contribution in [-0.2, 0) is 4.74 Å². The predicted octanol–water partition coefficient (Wildman–Crippen LogP) is 5.07. The average Bonchev–Trinajstić information content (AvgIpc) is 2.16. The van der Waals surface area contributed by atoms with Crippen molar-refractivity contribution in [2.75, 3.05) is 13.7 Å². The minimum atomic E-state index is 0.257. The second-order valence-electron chi connectivity index (χ2n) is 6.61. The molecule has 0 aliphatic rings. The van der Waals surface area contributed by atoms with E-state index in [0.29, 0.717) is 11.8 Å². The summed E-state index contributed by atoms with van der Waals surface area (Å²) >= 11 is 4.36. The molecule has 17 heavy (non-hydrogen) atoms. The third kappa shape index (κ3) is 6.40. The summed E-state index contributed by atoms with van der Waals surface area (Å²) in [5.41, 5.74) is 0.283. The molecular weight excluding hydrogens is 248 g/mol. The van der Waals surface area contributed by atoms with Crippen LogP contribution in [0.4, 0.5) is 0 Å². The smallest absolute Gasteiger partial charge is 0.0518 e. The average molecular weight is 279 g/mol. The van der Waals surface area contributed by atoms with Crippen LogP contribution in [0.1, 0.15) is 54.4 Å². The molecule has 0 fully saturated rings. The topological polar surface area (TPSA) is 9.23 Å². The Balaban J connectivity index is 4.46. The Morgan fingerprint density at radius 3 is 2.00 bits per heavy atom. The van der Waals surface area contributed by atoms with Gasteiger partial charge in [0, 0.05) is 11.9 Å². The van der Waals surface area contributed by atoms with Crippen molar-refractivity contribution in [3.63, 3.8) is 0 Å². The van der Waals surface area contributed by atoms with Gasteiger partial charge in [-0.25, -0.2) is 0 Å². The first-order chi connectivity index (χ1) is 7.67. The Labute approximate surface area is 117 Å². The zero-order valence-electron chi connectivity index (χ0n) is 12.5. The lowest BCUT2D eigenvalue weighted by Crippen LogP contribution is -2.32. The molecule has 0 aromatic carbocycles. The van der Waals surface area contributed by atoms with Crippen LogP contribution in [0.3, 0.4) is 0 Å². The Morgan fingerprint density at radius 2 is 1.65 bits per heavy atom. The highest BCUT2D eigenvalue weighted by molar-refractivity contribution is 8.69. The molecule has 0 heterocycles. The summed E-state index contributed by atoms with van der Waals surface area (Å²) in [6.45, 7) is 14.7. The molecule has 0 rings (SSSR count). The first-order valence-electron chi connectivity index (χ1n) is 6.48. The summed E-state index contributed by atoms with van der Waals surface area (Å²) in [6, 6.07) is 0. The van der Waals surface area contributed by atoms with Crippen molar-refractivity contribution in [2.45, 2.75) is 59.1 Å². The van der Waals surface area contributed by atoms with Crippen LogP contribution in [0.25, 0.3) is 0 Å². The molecule has 0 radical (unpaired) electrons. The fourth-order valence-corrected chi connectivity index (χ4v) is 3.12. The lowest BCUT2D eigenvalue weighted by molar-refractivity contribution is 0.0370. The van der Waals surface area contributed by atoms with Crippen LogP contribution in [0, 0.1) is 17.3 Å². The SMILES string of the molecule is COCC(C)(CC(C)CC(C)(C)SS)C(C)C. The highest BCUT2D eigenvalue weighted by atomic mass is 33.1. The first kappa shape index (κ1) is 17.7. The minimum Gasteiger partial charge on any atom is -0.384 e. The van der Waals surface area contributed by atoms with E-state index >= 15 is 0 Å². The van der Waals surface area contributed by atoms with Gasteiger partial charge in [-0.1, -0.05) is 38.5 Å². The number of hydrogen-bond donors (Lipinski definition) is 1. The number of methoxy groups -OCH3 is 1. The van der Waals surface area contributed by atoms with Crippen molar-refractivity contribution in [1.82, 2.24) is 0 Å². The fraction of sp³-hybridized carbons (Fsp3) is 1.00. The highest BCUT2D eigenvalue weighted by Crippen LogP contribution is 2.40. The second-order valence-corrected chi connectivity index (χ2v) is 8.44. The molecule has 0 spiro atoms. The molecule has 0 aromatic heterocycles. The van der Waals surface area contributed by atoms with E-state index in [4.69, 9.17) is 4.74 Å². The van der Waals surface area contributed by atoms with E-state index in [2.05, 4.69) is 53.2 Å². The monoisotopic (exact) mass is 278 g/mol. The molecule has 0 N–H and O–H groups in total. The lowest BCUT2D eigenvalue weighted by Gasteiger charge is -2.37. The minimum absolute atomic E-state index is 0.257. The van der Waals surface area contributed by atoms with Gasteiger partial charge in [0.2, 0.25) is 0 Å². The Kier molecular flexibility index (Phi) is 7.58. The van der Waals surface area contributed by atoms with Gasteiger partial charge in [0.15, 0.2) is 0 Å². The van der Waals surface area contributed by atoms with Crippen LogP contribution in [0.2, 0.25) is 0 Å². The van der Waals surface area contributed by atoms with Crippen LogP contribution < -0.4 is 0 Å². The fourth-order valence-electron chi connectivity index (χ4n) is 2.54. The summed E-state index contributed by atoms with van der Waals surface area (Å²) in [4.78, 5) is 0. The van der Waals surface area contributed by atoms with E-state index in [0.717, 1.165) is 6.61 Å². The zero-order chi connectivity index (χ0) is 13.7. The number of hydrogen-bond acceptors (Lipinski definition) is 3. The van der Waals surface area contributed by atoms with Gasteiger partial charge in [0.25, 0.3) is 0 Å². The molecule has 2 unspecified atom stereocenters. The van der Waals surface area contributed by atoms with Gasteiger partial charge in [0.05, 0.1) is 6.61 Å². The maximum atomic E-state index is 5.41. The summed E-state index contributed by atoms with van der Waals surface area (Å²) in [5.74, 6) is 1.35. The Morgan fingerprint density at radius 1 is 1.12 bits per heavy atom. The Bertz CT molecular complexity index is 216. The van der Waals surface area contributed by atoms with Gasteiger partial charge in [-0.15, -0.1) is 11.7 Å². The quantitative estimate of drug-likeness (QED) is 0.490. The molecule has 0 aliphatic carbocycles. The molecular formula is C14H30OS2. The van der Waals surface area contributed by atoms with E-state index in [1.54, 1.807) is 17.9 Å². The van der Waals surface area contributed by atoms with Crippen LogP contribution in [-0.4, -0.2) is 18.5 Å². The maximum absolute atomic E-state index is 5.41. The molecule has 3 heteroatoms. The standard InChI is InChI=1S/C14H30OS2/c1-11(2)14(6,10-15-7)9-12(3)8-13(4,5)17-16/h11-12,16H,8-10H2,1-7H3.